The smallest absolute Gasteiger partial charge is 0.0990 e. The minimum atomic E-state index is 0.00340. The van der Waals surface area contributed by atoms with Gasteiger partial charge < -0.3 is 10.5 Å². The van der Waals surface area contributed by atoms with E-state index >= 15 is 0 Å². The van der Waals surface area contributed by atoms with Crippen LogP contribution < -0.4 is 5.73 Å². The molecule has 2 N–H and O–H groups in total. The summed E-state index contributed by atoms with van der Waals surface area (Å²) in [5, 5.41) is 0. The first kappa shape index (κ1) is 15.0. The molecular formula is C16H24BrNO. The summed E-state index contributed by atoms with van der Waals surface area (Å²) in [4.78, 5) is 0. The zero-order valence-corrected chi connectivity index (χ0v) is 13.2. The fourth-order valence-electron chi connectivity index (χ4n) is 2.73. The van der Waals surface area contributed by atoms with Gasteiger partial charge in [-0.3, -0.25) is 0 Å². The number of halogens is 1. The first-order valence-electron chi connectivity index (χ1n) is 7.37. The average molecular weight is 326 g/mol. The molecule has 3 heteroatoms. The molecule has 2 nitrogen and oxygen atoms in total. The van der Waals surface area contributed by atoms with Crippen LogP contribution >= 0.6 is 15.9 Å². The van der Waals surface area contributed by atoms with E-state index in [0.717, 1.165) is 10.9 Å². The molecule has 2 atom stereocenters. The lowest BCUT2D eigenvalue weighted by atomic mass is 9.96. The number of nitrogens with two attached hydrogens (primary N) is 1. The van der Waals surface area contributed by atoms with Gasteiger partial charge in [0.25, 0.3) is 0 Å². The number of ether oxygens (including phenoxy) is 1. The molecule has 1 aromatic rings. The Hall–Kier alpha value is -0.380. The molecule has 0 amide bonds. The summed E-state index contributed by atoms with van der Waals surface area (Å²) in [6.07, 6.45) is 7.59. The highest BCUT2D eigenvalue weighted by Crippen LogP contribution is 2.33. The lowest BCUT2D eigenvalue weighted by Gasteiger charge is -2.31. The van der Waals surface area contributed by atoms with Crippen LogP contribution in [-0.4, -0.2) is 12.1 Å². The molecule has 0 radical (unpaired) electrons. The first-order valence-corrected chi connectivity index (χ1v) is 8.17. The highest BCUT2D eigenvalue weighted by atomic mass is 79.9. The van der Waals surface area contributed by atoms with Crippen molar-refractivity contribution in [1.29, 1.82) is 0 Å². The van der Waals surface area contributed by atoms with Crippen molar-refractivity contribution in [2.24, 2.45) is 5.73 Å². The van der Waals surface area contributed by atoms with Crippen molar-refractivity contribution >= 4 is 15.9 Å². The summed E-state index contributed by atoms with van der Waals surface area (Å²) in [5.74, 6) is 0. The first-order chi connectivity index (χ1) is 9.22. The van der Waals surface area contributed by atoms with Gasteiger partial charge in [-0.05, 0) is 30.9 Å². The van der Waals surface area contributed by atoms with Crippen molar-refractivity contribution in [2.45, 2.75) is 63.7 Å². The molecule has 106 valence electrons. The highest BCUT2D eigenvalue weighted by molar-refractivity contribution is 9.10. The van der Waals surface area contributed by atoms with Crippen LogP contribution in [0, 0.1) is 0 Å². The molecule has 1 aliphatic carbocycles. The Labute approximate surface area is 124 Å². The van der Waals surface area contributed by atoms with Crippen molar-refractivity contribution in [2.75, 3.05) is 0 Å². The predicted octanol–water partition coefficient (Wildman–Crippen LogP) is 4.58. The third kappa shape index (κ3) is 4.04. The van der Waals surface area contributed by atoms with Gasteiger partial charge in [0.1, 0.15) is 0 Å². The van der Waals surface area contributed by atoms with E-state index in [2.05, 4.69) is 41.1 Å². The summed E-state index contributed by atoms with van der Waals surface area (Å²) in [5.41, 5.74) is 7.47. The van der Waals surface area contributed by atoms with Gasteiger partial charge in [0.05, 0.1) is 12.2 Å². The van der Waals surface area contributed by atoms with Crippen molar-refractivity contribution in [1.82, 2.24) is 0 Å². The van der Waals surface area contributed by atoms with Crippen LogP contribution in [0.3, 0.4) is 0 Å². The normalized spacial score (nSPS) is 20.2. The van der Waals surface area contributed by atoms with Crippen molar-refractivity contribution < 1.29 is 4.74 Å². The molecule has 0 aliphatic heterocycles. The van der Waals surface area contributed by atoms with Crippen LogP contribution in [0.25, 0.3) is 0 Å². The van der Waals surface area contributed by atoms with Gasteiger partial charge in [-0.1, -0.05) is 60.3 Å². The minimum Gasteiger partial charge on any atom is -0.369 e. The molecule has 2 rings (SSSR count). The van der Waals surface area contributed by atoms with E-state index in [1.165, 1.54) is 37.7 Å². The van der Waals surface area contributed by atoms with Crippen LogP contribution in [0.5, 0.6) is 0 Å². The van der Waals surface area contributed by atoms with E-state index in [-0.39, 0.29) is 12.1 Å². The fraction of sp³-hybridized carbons (Fsp3) is 0.625. The maximum Gasteiger partial charge on any atom is 0.0990 e. The third-order valence-electron chi connectivity index (χ3n) is 3.96. The van der Waals surface area contributed by atoms with Gasteiger partial charge >= 0.3 is 0 Å². The Morgan fingerprint density at radius 1 is 1.26 bits per heavy atom. The second kappa shape index (κ2) is 7.41. The summed E-state index contributed by atoms with van der Waals surface area (Å²) >= 11 is 3.62. The zero-order valence-electron chi connectivity index (χ0n) is 11.6. The van der Waals surface area contributed by atoms with Gasteiger partial charge in [-0.25, -0.2) is 0 Å². The molecule has 1 aliphatic rings. The summed E-state index contributed by atoms with van der Waals surface area (Å²) in [6.45, 7) is 2.12. The second-order valence-electron chi connectivity index (χ2n) is 5.41. The molecule has 0 heterocycles. The van der Waals surface area contributed by atoms with Crippen LogP contribution in [0.4, 0.5) is 0 Å². The van der Waals surface area contributed by atoms with E-state index in [0.29, 0.717) is 6.10 Å². The number of hydrogen-bond donors (Lipinski definition) is 1. The molecule has 19 heavy (non-hydrogen) atoms. The number of rotatable bonds is 5. The van der Waals surface area contributed by atoms with Crippen LogP contribution in [0.15, 0.2) is 28.7 Å². The van der Waals surface area contributed by atoms with Gasteiger partial charge in [-0.2, -0.15) is 0 Å². The van der Waals surface area contributed by atoms with Gasteiger partial charge in [0, 0.05) is 10.5 Å². The van der Waals surface area contributed by atoms with E-state index in [9.17, 15) is 0 Å². The molecule has 0 saturated heterocycles. The average Bonchev–Trinajstić information content (AvgIpc) is 2.46. The van der Waals surface area contributed by atoms with E-state index in [1.807, 2.05) is 6.07 Å². The Morgan fingerprint density at radius 3 is 2.58 bits per heavy atom. The Balaban J connectivity index is 2.13. The summed E-state index contributed by atoms with van der Waals surface area (Å²) in [7, 11) is 0. The predicted molar refractivity (Wildman–Crippen MR) is 83.1 cm³/mol. The lowest BCUT2D eigenvalue weighted by Crippen LogP contribution is -2.33. The third-order valence-corrected chi connectivity index (χ3v) is 4.69. The van der Waals surface area contributed by atoms with Crippen LogP contribution in [0.1, 0.15) is 57.1 Å². The minimum absolute atomic E-state index is 0.00340. The molecule has 1 fully saturated rings. The maximum atomic E-state index is 6.36. The molecule has 0 bridgehead atoms. The maximum absolute atomic E-state index is 6.36. The van der Waals surface area contributed by atoms with Crippen molar-refractivity contribution in [3.05, 3.63) is 34.3 Å². The molecule has 2 unspecified atom stereocenters. The van der Waals surface area contributed by atoms with E-state index in [1.54, 1.807) is 0 Å². The van der Waals surface area contributed by atoms with E-state index in [4.69, 9.17) is 10.5 Å². The van der Waals surface area contributed by atoms with Crippen molar-refractivity contribution in [3.63, 3.8) is 0 Å². The Morgan fingerprint density at radius 2 is 1.95 bits per heavy atom. The van der Waals surface area contributed by atoms with Crippen LogP contribution in [-0.2, 0) is 4.74 Å². The largest absolute Gasteiger partial charge is 0.369 e. The molecular weight excluding hydrogens is 302 g/mol. The van der Waals surface area contributed by atoms with Gasteiger partial charge in [0.2, 0.25) is 0 Å². The standard InChI is InChI=1S/C16H24BrNO/c1-2-15(18)16(13-10-6-7-11-14(13)17)19-12-8-4-3-5-9-12/h6-7,10-12,15-16H,2-5,8-9,18H2,1H3. The highest BCUT2D eigenvalue weighted by Gasteiger charge is 2.26. The molecule has 1 saturated carbocycles. The van der Waals surface area contributed by atoms with Crippen LogP contribution in [0.2, 0.25) is 0 Å². The summed E-state index contributed by atoms with van der Waals surface area (Å²) in [6, 6.07) is 8.32. The molecule has 1 aromatic carbocycles. The molecule has 0 spiro atoms. The number of hydrogen-bond acceptors (Lipinski definition) is 2. The monoisotopic (exact) mass is 325 g/mol. The Bertz CT molecular complexity index is 390. The van der Waals surface area contributed by atoms with E-state index < -0.39 is 0 Å². The van der Waals surface area contributed by atoms with Gasteiger partial charge in [0.15, 0.2) is 0 Å². The summed E-state index contributed by atoms with van der Waals surface area (Å²) < 4.78 is 7.45. The number of benzene rings is 1. The second-order valence-corrected chi connectivity index (χ2v) is 6.26. The van der Waals surface area contributed by atoms with Crippen molar-refractivity contribution in [3.8, 4) is 0 Å². The SMILES string of the molecule is CCC(N)C(OC1CCCCC1)c1ccccc1Br. The zero-order chi connectivity index (χ0) is 13.7. The van der Waals surface area contributed by atoms with Gasteiger partial charge in [-0.15, -0.1) is 0 Å². The Kier molecular flexibility index (Phi) is 5.86. The fourth-order valence-corrected chi connectivity index (χ4v) is 3.24. The lowest BCUT2D eigenvalue weighted by molar-refractivity contribution is -0.0440. The molecule has 0 aromatic heterocycles. The topological polar surface area (TPSA) is 35.2 Å². The quantitative estimate of drug-likeness (QED) is 0.860.